The number of halogens is 1. The highest BCUT2D eigenvalue weighted by Gasteiger charge is 2.37. The highest BCUT2D eigenvalue weighted by molar-refractivity contribution is 8.18. The lowest BCUT2D eigenvalue weighted by Crippen LogP contribution is -2.26. The minimum absolute atomic E-state index is 0.103. The lowest BCUT2D eigenvalue weighted by Gasteiger charge is -2.24. The average molecular weight is 508 g/mol. The van der Waals surface area contributed by atoms with Crippen LogP contribution in [0.5, 0.6) is 0 Å². The number of hydrazone groups is 1. The molecular weight excluding hydrogens is 486 g/mol. The Hall–Kier alpha value is -3.67. The average Bonchev–Trinajstić information content (AvgIpc) is 3.49. The van der Waals surface area contributed by atoms with Gasteiger partial charge in [0.1, 0.15) is 0 Å². The number of aryl methyl sites for hydroxylation is 1. The van der Waals surface area contributed by atoms with Gasteiger partial charge in [-0.1, -0.05) is 84.4 Å². The number of fused-ring (bicyclic) bond motifs is 1. The molecule has 2 heterocycles. The number of amides is 1. The normalized spacial score (nSPS) is 18.7. The summed E-state index contributed by atoms with van der Waals surface area (Å²) in [6.07, 6.45) is 2.72. The summed E-state index contributed by atoms with van der Waals surface area (Å²) >= 11 is 7.34. The summed E-state index contributed by atoms with van der Waals surface area (Å²) in [5.74, 6) is 0.587. The first-order chi connectivity index (χ1) is 17.5. The molecule has 4 aromatic rings. The van der Waals surface area contributed by atoms with Crippen LogP contribution in [0.3, 0.4) is 0 Å². The molecule has 0 aromatic heterocycles. The predicted molar refractivity (Wildman–Crippen MR) is 151 cm³/mol. The first-order valence-electron chi connectivity index (χ1n) is 11.7. The van der Waals surface area contributed by atoms with Crippen LogP contribution in [0.1, 0.15) is 34.7 Å². The van der Waals surface area contributed by atoms with Crippen molar-refractivity contribution in [2.45, 2.75) is 19.4 Å². The van der Waals surface area contributed by atoms with E-state index in [0.29, 0.717) is 17.3 Å². The van der Waals surface area contributed by atoms with Gasteiger partial charge in [0, 0.05) is 11.4 Å². The van der Waals surface area contributed by atoms with Crippen LogP contribution in [0.4, 0.5) is 4.79 Å². The van der Waals surface area contributed by atoms with Crippen LogP contribution < -0.4 is 0 Å². The van der Waals surface area contributed by atoms with Crippen molar-refractivity contribution in [1.82, 2.24) is 5.01 Å². The van der Waals surface area contributed by atoms with Crippen LogP contribution in [-0.2, 0) is 0 Å². The Bertz CT molecular complexity index is 1590. The minimum atomic E-state index is -0.228. The number of carbonyl (C=O) groups excluding carboxylic acids is 1. The molecule has 0 spiro atoms. The van der Waals surface area contributed by atoms with Crippen LogP contribution >= 0.6 is 23.4 Å². The van der Waals surface area contributed by atoms with Gasteiger partial charge in [0.2, 0.25) is 0 Å². The lowest BCUT2D eigenvalue weighted by molar-refractivity contribution is 0.267. The highest BCUT2D eigenvalue weighted by atomic mass is 35.5. The molecule has 2 aliphatic rings. The summed E-state index contributed by atoms with van der Waals surface area (Å²) in [6, 6.07) is 30.6. The molecule has 0 N–H and O–H groups in total. The number of hydrogen-bond donors (Lipinski definition) is 0. The van der Waals surface area contributed by atoms with E-state index < -0.39 is 0 Å². The fraction of sp³-hybridized carbons (Fsp3) is 0.100. The number of benzene rings is 4. The van der Waals surface area contributed by atoms with Crippen LogP contribution in [-0.4, -0.2) is 21.8 Å². The van der Waals surface area contributed by atoms with E-state index in [0.717, 1.165) is 44.6 Å². The number of thioether (sulfide) groups is 1. The molecule has 0 radical (unpaired) electrons. The van der Waals surface area contributed by atoms with Crippen LogP contribution in [0, 0.1) is 6.92 Å². The van der Waals surface area contributed by atoms with Gasteiger partial charge in [-0.15, -0.1) is 0 Å². The molecule has 1 atom stereocenters. The number of hydrogen-bond acceptors (Lipinski definition) is 4. The van der Waals surface area contributed by atoms with E-state index in [1.54, 1.807) is 0 Å². The number of carbonyl (C=O) groups is 1. The monoisotopic (exact) mass is 507 g/mol. The Kier molecular flexibility index (Phi) is 5.96. The zero-order valence-corrected chi connectivity index (χ0v) is 21.1. The van der Waals surface area contributed by atoms with Crippen molar-refractivity contribution in [2.75, 3.05) is 0 Å². The third-order valence-electron chi connectivity index (χ3n) is 6.55. The van der Waals surface area contributed by atoms with E-state index in [2.05, 4.69) is 48.3 Å². The number of amidine groups is 1. The van der Waals surface area contributed by atoms with Gasteiger partial charge in [-0.3, -0.25) is 4.79 Å². The summed E-state index contributed by atoms with van der Waals surface area (Å²) in [7, 11) is 0. The van der Waals surface area contributed by atoms with Crippen molar-refractivity contribution in [3.63, 3.8) is 0 Å². The smallest absolute Gasteiger partial charge is 0.259 e. The molecule has 6 heteroatoms. The molecule has 0 bridgehead atoms. The Morgan fingerprint density at radius 3 is 2.50 bits per heavy atom. The maximum absolute atomic E-state index is 12.5. The third-order valence-corrected chi connectivity index (χ3v) is 7.59. The van der Waals surface area contributed by atoms with Gasteiger partial charge in [0.25, 0.3) is 0 Å². The maximum Gasteiger partial charge on any atom is 0.311 e. The number of nitrogens with zero attached hydrogens (tertiary/aromatic N) is 3. The Labute approximate surface area is 219 Å². The first kappa shape index (κ1) is 22.8. The topological polar surface area (TPSA) is 45.0 Å². The SMILES string of the molecule is Cc1ccccc1/C=C1\SC(=O)N=C1N1N=C(c2ccc3ccccc3c2)CC1c1ccc(Cl)cc1. The van der Waals surface area contributed by atoms with Crippen LogP contribution in [0.15, 0.2) is 106 Å². The highest BCUT2D eigenvalue weighted by Crippen LogP contribution is 2.40. The Balaban J connectivity index is 1.44. The molecule has 0 fully saturated rings. The number of rotatable bonds is 3. The third kappa shape index (κ3) is 4.36. The summed E-state index contributed by atoms with van der Waals surface area (Å²) in [6.45, 7) is 2.06. The molecule has 2 aliphatic heterocycles. The molecule has 176 valence electrons. The Morgan fingerprint density at radius 1 is 0.944 bits per heavy atom. The maximum atomic E-state index is 12.5. The molecule has 0 saturated carbocycles. The van der Waals surface area contributed by atoms with Crippen molar-refractivity contribution in [1.29, 1.82) is 0 Å². The summed E-state index contributed by atoms with van der Waals surface area (Å²) in [4.78, 5) is 17.7. The van der Waals surface area contributed by atoms with E-state index in [-0.39, 0.29) is 11.3 Å². The van der Waals surface area contributed by atoms with Crippen molar-refractivity contribution >= 4 is 57.0 Å². The predicted octanol–water partition coefficient (Wildman–Crippen LogP) is 8.26. The second-order valence-corrected chi connectivity index (χ2v) is 10.3. The van der Waals surface area contributed by atoms with Crippen LogP contribution in [0.2, 0.25) is 5.02 Å². The molecule has 4 nitrogen and oxygen atoms in total. The van der Waals surface area contributed by atoms with E-state index in [1.165, 1.54) is 10.8 Å². The van der Waals surface area contributed by atoms with Gasteiger partial charge in [0.15, 0.2) is 5.84 Å². The van der Waals surface area contributed by atoms with E-state index in [9.17, 15) is 4.79 Å². The van der Waals surface area contributed by atoms with Gasteiger partial charge < -0.3 is 0 Å². The number of aliphatic imine (C=N–C) groups is 1. The standard InChI is InChI=1S/C30H22ClN3OS/c1-19-6-2-3-8-22(19)17-28-29(32-30(35)36-28)34-27(21-12-14-25(31)15-13-21)18-26(33-34)24-11-10-20-7-4-5-9-23(20)16-24/h2-17,27H,18H2,1H3/b28-17-. The summed E-state index contributed by atoms with van der Waals surface area (Å²) in [5.41, 5.74) is 5.30. The molecule has 0 aliphatic carbocycles. The second kappa shape index (κ2) is 9.41. The van der Waals surface area contributed by atoms with Gasteiger partial charge >= 0.3 is 5.24 Å². The minimum Gasteiger partial charge on any atom is -0.259 e. The van der Waals surface area contributed by atoms with E-state index >= 15 is 0 Å². The van der Waals surface area contributed by atoms with Crippen molar-refractivity contribution in [2.24, 2.45) is 10.1 Å². The van der Waals surface area contributed by atoms with Crippen molar-refractivity contribution < 1.29 is 4.79 Å². The molecular formula is C30H22ClN3OS. The van der Waals surface area contributed by atoms with Gasteiger partial charge in [-0.2, -0.15) is 10.1 Å². The summed E-state index contributed by atoms with van der Waals surface area (Å²) in [5, 5.41) is 9.78. The first-order valence-corrected chi connectivity index (χ1v) is 12.9. The van der Waals surface area contributed by atoms with Crippen molar-refractivity contribution in [3.8, 4) is 0 Å². The van der Waals surface area contributed by atoms with Gasteiger partial charge in [0.05, 0.1) is 16.7 Å². The fourth-order valence-corrected chi connectivity index (χ4v) is 5.51. The molecule has 1 amide bonds. The van der Waals surface area contributed by atoms with Gasteiger partial charge in [-0.05, 0) is 76.0 Å². The quantitative estimate of drug-likeness (QED) is 0.280. The molecule has 4 aromatic carbocycles. The van der Waals surface area contributed by atoms with Crippen LogP contribution in [0.25, 0.3) is 16.8 Å². The van der Waals surface area contributed by atoms with Gasteiger partial charge in [-0.25, -0.2) is 5.01 Å². The second-order valence-electron chi connectivity index (χ2n) is 8.89. The van der Waals surface area contributed by atoms with Crippen molar-refractivity contribution in [3.05, 3.63) is 123 Å². The zero-order chi connectivity index (χ0) is 24.6. The molecule has 1 unspecified atom stereocenters. The summed E-state index contributed by atoms with van der Waals surface area (Å²) < 4.78 is 0. The van der Waals surface area contributed by atoms with E-state index in [4.69, 9.17) is 16.7 Å². The largest absolute Gasteiger partial charge is 0.311 e. The lowest BCUT2D eigenvalue weighted by atomic mass is 9.97. The fourth-order valence-electron chi connectivity index (χ4n) is 4.65. The zero-order valence-electron chi connectivity index (χ0n) is 19.6. The van der Waals surface area contributed by atoms with E-state index in [1.807, 2.05) is 65.7 Å². The molecule has 6 rings (SSSR count). The molecule has 36 heavy (non-hydrogen) atoms. The molecule has 0 saturated heterocycles. The Morgan fingerprint density at radius 2 is 1.69 bits per heavy atom.